The molecule has 0 spiro atoms. The van der Waals surface area contributed by atoms with Gasteiger partial charge in [0, 0.05) is 81.4 Å². The largest absolute Gasteiger partial charge is 0.492 e. The second kappa shape index (κ2) is 23.3. The summed E-state index contributed by atoms with van der Waals surface area (Å²) in [5.74, 6) is -2.54. The van der Waals surface area contributed by atoms with E-state index < -0.39 is 41.5 Å². The molecular formula is C51H65N9O7. The summed E-state index contributed by atoms with van der Waals surface area (Å²) in [5, 5.41) is 15.1. The number of aromatic nitrogens is 2. The summed E-state index contributed by atoms with van der Waals surface area (Å²) in [6.07, 6.45) is -0.469. The van der Waals surface area contributed by atoms with Gasteiger partial charge in [-0.2, -0.15) is 5.26 Å². The van der Waals surface area contributed by atoms with Crippen molar-refractivity contribution in [2.75, 3.05) is 52.3 Å². The predicted molar refractivity (Wildman–Crippen MR) is 257 cm³/mol. The van der Waals surface area contributed by atoms with Crippen molar-refractivity contribution in [1.29, 1.82) is 5.26 Å². The van der Waals surface area contributed by atoms with Gasteiger partial charge < -0.3 is 42.2 Å². The van der Waals surface area contributed by atoms with Crippen LogP contribution in [0.5, 0.6) is 11.5 Å². The number of aryl methyl sites for hydroxylation is 1. The molecule has 1 aliphatic heterocycles. The van der Waals surface area contributed by atoms with Crippen molar-refractivity contribution < 1.29 is 33.4 Å². The van der Waals surface area contributed by atoms with Gasteiger partial charge in [0.25, 0.3) is 0 Å². The lowest BCUT2D eigenvalue weighted by molar-refractivity contribution is -0.142. The Bertz CT molecular complexity index is 2480. The molecule has 5 rings (SSSR count). The fraction of sp³-hybridized carbons (Fsp3) is 0.451. The lowest BCUT2D eigenvalue weighted by Crippen LogP contribution is -2.46. The van der Waals surface area contributed by atoms with Crippen LogP contribution < -0.4 is 37.3 Å². The molecule has 0 fully saturated rings. The summed E-state index contributed by atoms with van der Waals surface area (Å²) in [6, 6.07) is 18.2. The van der Waals surface area contributed by atoms with E-state index in [1.165, 1.54) is 11.9 Å². The summed E-state index contributed by atoms with van der Waals surface area (Å²) in [7, 11) is 3.16. The van der Waals surface area contributed by atoms with Crippen LogP contribution in [-0.4, -0.2) is 97.0 Å². The summed E-state index contributed by atoms with van der Waals surface area (Å²) in [4.78, 5) is 82.1. The van der Waals surface area contributed by atoms with Crippen LogP contribution in [0, 0.1) is 30.1 Å². The zero-order chi connectivity index (χ0) is 49.0. The fourth-order valence-corrected chi connectivity index (χ4v) is 8.30. The highest BCUT2D eigenvalue weighted by Gasteiger charge is 2.37. The number of ether oxygens (including phenoxy) is 2. The van der Waals surface area contributed by atoms with E-state index in [0.29, 0.717) is 51.1 Å². The topological polar surface area (TPSA) is 259 Å². The molecular weight excluding hydrogens is 851 g/mol. The average Bonchev–Trinajstić information content (AvgIpc) is 3.30. The number of nitriles is 1. The number of nitrogens with one attached hydrogen (secondary N) is 2. The van der Waals surface area contributed by atoms with Crippen molar-refractivity contribution in [3.8, 4) is 40.1 Å². The Hall–Kier alpha value is -6.54. The Morgan fingerprint density at radius 2 is 1.57 bits per heavy atom. The van der Waals surface area contributed by atoms with Crippen molar-refractivity contribution in [3.63, 3.8) is 0 Å². The Kier molecular flexibility index (Phi) is 17.9. The first-order valence-corrected chi connectivity index (χ1v) is 22.8. The summed E-state index contributed by atoms with van der Waals surface area (Å²) in [6.45, 7) is 10.5. The number of hydrogen-bond acceptors (Lipinski definition) is 14. The molecule has 4 bridgehead atoms. The zero-order valence-corrected chi connectivity index (χ0v) is 39.7. The molecule has 0 aliphatic carbocycles. The van der Waals surface area contributed by atoms with Crippen LogP contribution in [0.2, 0.25) is 0 Å². The van der Waals surface area contributed by atoms with Crippen LogP contribution in [0.25, 0.3) is 22.5 Å². The first-order chi connectivity index (χ1) is 31.9. The number of fused-ring (bicyclic) bond motifs is 5. The molecule has 8 N–H and O–H groups in total. The van der Waals surface area contributed by atoms with E-state index in [1.54, 1.807) is 51.2 Å². The number of hydrogen-bond donors (Lipinski definition) is 5. The standard InChI is InChI=1S/C51H65N9O7/c1-30-25-42(63)46(60(7)50(65)35(18-20-53)29-41(62)45-31(2)57-47(59-48(45)56-6)33-11-14-36(15-12-33)51(3,4)5)34-13-17-44(67-24-22-55)38(28-34)37-26-32(10-16-43(37)66-23-21-54)27-39(58-49(30)64)40(61)9-8-19-52/h10-17,26,28,30,35,39,46H,8-9,18,20-25,27,29,53-55H2,1-7H3,(H,58,64)(H,56,57,59)/t30-,35-,39+,46+/m1/s1. The predicted octanol–water partition coefficient (Wildman–Crippen LogP) is 5.38. The summed E-state index contributed by atoms with van der Waals surface area (Å²) in [5.41, 5.74) is 22.5. The van der Waals surface area contributed by atoms with Crippen molar-refractivity contribution in [3.05, 3.63) is 88.6 Å². The number of Topliss-reactive ketones (excluding diaryl/α,β-unsaturated/α-hetero) is 3. The van der Waals surface area contributed by atoms with Crippen LogP contribution >= 0.6 is 0 Å². The van der Waals surface area contributed by atoms with Crippen LogP contribution in [0.1, 0.15) is 98.6 Å². The maximum absolute atomic E-state index is 14.9. The number of amides is 2. The highest BCUT2D eigenvalue weighted by molar-refractivity contribution is 6.04. The number of nitrogens with two attached hydrogens (primary N) is 3. The van der Waals surface area contributed by atoms with Gasteiger partial charge in [-0.1, -0.05) is 64.1 Å². The number of carbonyl (C=O) groups excluding carboxylic acids is 5. The first kappa shape index (κ1) is 51.4. The van der Waals surface area contributed by atoms with Crippen molar-refractivity contribution in [2.24, 2.45) is 29.0 Å². The van der Waals surface area contributed by atoms with Gasteiger partial charge >= 0.3 is 0 Å². The number of likely N-dealkylation sites (N-methyl/N-ethyl adjacent to an activating group) is 1. The molecule has 0 unspecified atom stereocenters. The molecule has 0 saturated heterocycles. The molecule has 4 atom stereocenters. The van der Waals surface area contributed by atoms with Gasteiger partial charge in [0.15, 0.2) is 23.2 Å². The normalized spacial score (nSPS) is 16.8. The van der Waals surface area contributed by atoms with E-state index in [9.17, 15) is 29.2 Å². The van der Waals surface area contributed by atoms with Crippen molar-refractivity contribution in [2.45, 2.75) is 90.6 Å². The fourth-order valence-electron chi connectivity index (χ4n) is 8.30. The number of benzene rings is 3. The lowest BCUT2D eigenvalue weighted by atomic mass is 9.86. The molecule has 1 aromatic heterocycles. The van der Waals surface area contributed by atoms with Gasteiger partial charge in [-0.3, -0.25) is 24.0 Å². The summed E-state index contributed by atoms with van der Waals surface area (Å²) >= 11 is 0. The van der Waals surface area contributed by atoms with Gasteiger partial charge in [0.2, 0.25) is 11.8 Å². The van der Waals surface area contributed by atoms with Gasteiger partial charge in [-0.05, 0) is 72.7 Å². The third-order valence-electron chi connectivity index (χ3n) is 11.9. The maximum Gasteiger partial charge on any atom is 0.226 e. The van der Waals surface area contributed by atoms with Crippen LogP contribution in [-0.2, 0) is 31.0 Å². The molecule has 4 aromatic rings. The number of rotatable bonds is 18. The SMILES string of the molecule is CNc1nc(-c2ccc(C(C)(C)C)cc2)nc(C)c1C(=O)C[C@@H](CCN)C(=O)N(C)[C@@H]1C(=O)C[C@@H](C)C(=O)N[C@H](C(=O)CCC#N)Cc2ccc(OCCN)c(c2)-c2cc1ccc2OCCN. The first-order valence-electron chi connectivity index (χ1n) is 22.8. The smallest absolute Gasteiger partial charge is 0.226 e. The van der Waals surface area contributed by atoms with E-state index in [0.717, 1.165) is 11.1 Å². The van der Waals surface area contributed by atoms with Crippen molar-refractivity contribution in [1.82, 2.24) is 20.2 Å². The van der Waals surface area contributed by atoms with E-state index in [-0.39, 0.29) is 93.9 Å². The molecule has 16 nitrogen and oxygen atoms in total. The van der Waals surface area contributed by atoms with Gasteiger partial charge in [-0.15, -0.1) is 0 Å². The molecule has 2 amide bonds. The van der Waals surface area contributed by atoms with Crippen LogP contribution in [0.3, 0.4) is 0 Å². The minimum atomic E-state index is -1.25. The van der Waals surface area contributed by atoms with E-state index in [1.807, 2.05) is 36.4 Å². The molecule has 2 heterocycles. The van der Waals surface area contributed by atoms with Crippen LogP contribution in [0.15, 0.2) is 60.7 Å². The average molecular weight is 916 g/mol. The summed E-state index contributed by atoms with van der Waals surface area (Å²) < 4.78 is 12.3. The molecule has 16 heteroatoms. The molecule has 3 aromatic carbocycles. The van der Waals surface area contributed by atoms with E-state index in [4.69, 9.17) is 36.6 Å². The lowest BCUT2D eigenvalue weighted by Gasteiger charge is -2.32. The van der Waals surface area contributed by atoms with Gasteiger partial charge in [0.05, 0.1) is 23.4 Å². The molecule has 356 valence electrons. The highest BCUT2D eigenvalue weighted by atomic mass is 16.5. The number of ketones is 3. The zero-order valence-electron chi connectivity index (χ0n) is 39.7. The van der Waals surface area contributed by atoms with Gasteiger partial charge in [0.1, 0.15) is 36.6 Å². The molecule has 1 aliphatic rings. The van der Waals surface area contributed by atoms with E-state index in [2.05, 4.69) is 31.4 Å². The second-order valence-electron chi connectivity index (χ2n) is 18.0. The molecule has 67 heavy (non-hydrogen) atoms. The molecule has 0 radical (unpaired) electrons. The van der Waals surface area contributed by atoms with Crippen molar-refractivity contribution >= 4 is 35.0 Å². The third kappa shape index (κ3) is 12.7. The monoisotopic (exact) mass is 916 g/mol. The Morgan fingerprint density at radius 3 is 2.16 bits per heavy atom. The van der Waals surface area contributed by atoms with Crippen LogP contribution in [0.4, 0.5) is 5.82 Å². The molecule has 0 saturated carbocycles. The number of anilines is 1. The minimum absolute atomic E-state index is 0.0347. The Morgan fingerprint density at radius 1 is 0.925 bits per heavy atom. The van der Waals surface area contributed by atoms with E-state index >= 15 is 0 Å². The quantitative estimate of drug-likeness (QED) is 0.0786. The Balaban J connectivity index is 1.58. The van der Waals surface area contributed by atoms with Gasteiger partial charge in [-0.25, -0.2) is 9.97 Å². The Labute approximate surface area is 393 Å². The number of nitrogens with zero attached hydrogens (tertiary/aromatic N) is 4. The second-order valence-corrected chi connectivity index (χ2v) is 18.0. The third-order valence-corrected chi connectivity index (χ3v) is 11.9. The maximum atomic E-state index is 14.9. The number of carbonyl (C=O) groups is 5. The minimum Gasteiger partial charge on any atom is -0.492 e. The highest BCUT2D eigenvalue weighted by Crippen LogP contribution is 2.41.